The fourth-order valence-corrected chi connectivity index (χ4v) is 4.34. The summed E-state index contributed by atoms with van der Waals surface area (Å²) < 4.78 is 67.5. The number of carboxylic acid groups (broad SMARTS) is 2. The minimum atomic E-state index is -5.08. The number of hydrogen-bond donors (Lipinski definition) is 2. The number of nitrogens with zero attached hydrogens (tertiary/aromatic N) is 6. The van der Waals surface area contributed by atoms with E-state index in [1.165, 1.54) is 11.3 Å². The maximum absolute atomic E-state index is 13.1. The molecular formula is C25H22F6N6O5S. The number of pyridine rings is 1. The van der Waals surface area contributed by atoms with Gasteiger partial charge in [0.05, 0.1) is 30.3 Å². The number of carbonyl (C=O) groups is 3. The van der Waals surface area contributed by atoms with Crippen molar-refractivity contribution in [1.29, 1.82) is 0 Å². The Labute approximate surface area is 242 Å². The van der Waals surface area contributed by atoms with Crippen molar-refractivity contribution in [3.05, 3.63) is 75.9 Å². The molecule has 0 saturated carbocycles. The average Bonchev–Trinajstić information content (AvgIpc) is 3.60. The second-order valence-corrected chi connectivity index (χ2v) is 9.93. The van der Waals surface area contributed by atoms with Gasteiger partial charge in [-0.05, 0) is 24.6 Å². The van der Waals surface area contributed by atoms with Crippen LogP contribution in [0.4, 0.5) is 26.3 Å². The van der Waals surface area contributed by atoms with E-state index in [9.17, 15) is 31.1 Å². The molecule has 11 nitrogen and oxygen atoms in total. The van der Waals surface area contributed by atoms with Gasteiger partial charge in [-0.25, -0.2) is 14.6 Å². The van der Waals surface area contributed by atoms with Crippen LogP contribution in [0.2, 0.25) is 0 Å². The maximum atomic E-state index is 13.1. The van der Waals surface area contributed by atoms with Crippen LogP contribution in [0.5, 0.6) is 0 Å². The van der Waals surface area contributed by atoms with E-state index in [2.05, 4.69) is 20.6 Å². The fraction of sp³-hybridized carbons (Fsp3) is 0.280. The number of hydrogen-bond acceptors (Lipinski definition) is 7. The molecule has 4 aromatic rings. The van der Waals surface area contributed by atoms with Gasteiger partial charge in [-0.2, -0.15) is 31.4 Å². The first-order valence-electron chi connectivity index (χ1n) is 11.9. The van der Waals surface area contributed by atoms with Crippen LogP contribution in [-0.2, 0) is 36.3 Å². The zero-order valence-corrected chi connectivity index (χ0v) is 23.0. The normalized spacial score (nSPS) is 12.5. The molecule has 0 aromatic carbocycles. The highest BCUT2D eigenvalue weighted by molar-refractivity contribution is 7.09. The van der Waals surface area contributed by atoms with Crippen LogP contribution < -0.4 is 0 Å². The van der Waals surface area contributed by atoms with Crippen LogP contribution in [0.1, 0.15) is 32.3 Å². The van der Waals surface area contributed by atoms with Crippen molar-refractivity contribution in [2.75, 3.05) is 0 Å². The van der Waals surface area contributed by atoms with E-state index in [1.54, 1.807) is 6.20 Å². The zero-order chi connectivity index (χ0) is 32.1. The number of aliphatic carboxylic acids is 2. The number of carboxylic acids is 2. The summed E-state index contributed by atoms with van der Waals surface area (Å²) in [5.74, 6) is -5.56. The van der Waals surface area contributed by atoms with E-state index in [1.807, 2.05) is 59.7 Å². The van der Waals surface area contributed by atoms with Crippen molar-refractivity contribution in [1.82, 2.24) is 29.2 Å². The van der Waals surface area contributed by atoms with Gasteiger partial charge in [0.1, 0.15) is 5.69 Å². The van der Waals surface area contributed by atoms with E-state index in [0.29, 0.717) is 25.3 Å². The third kappa shape index (κ3) is 8.63. The predicted molar refractivity (Wildman–Crippen MR) is 138 cm³/mol. The molecule has 230 valence electrons. The Morgan fingerprint density at radius 3 is 2.16 bits per heavy atom. The van der Waals surface area contributed by atoms with Crippen molar-refractivity contribution in [2.24, 2.45) is 7.05 Å². The van der Waals surface area contributed by atoms with E-state index < -0.39 is 24.3 Å². The summed E-state index contributed by atoms with van der Waals surface area (Å²) in [4.78, 5) is 41.4. The number of thiazole rings is 1. The zero-order valence-electron chi connectivity index (χ0n) is 22.2. The number of rotatable bonds is 3. The number of amides is 1. The number of halogens is 6. The van der Waals surface area contributed by atoms with E-state index in [-0.39, 0.29) is 5.91 Å². The lowest BCUT2D eigenvalue weighted by atomic mass is 10.1. The van der Waals surface area contributed by atoms with Gasteiger partial charge in [-0.1, -0.05) is 6.07 Å². The molecule has 0 radical (unpaired) electrons. The standard InChI is InChI=1S/C21H20N6OS.2C2HF3O2/c1-14-23-18(13-29-14)21(28)26-10-16-11-27(9-15-4-3-6-22-8-15)24-20(16)17-5-7-25(2)19(17)12-26;2*3-2(4,5)1(6)7/h3-8,11,13H,9-10,12H2,1-2H3;2*(H,6,7). The van der Waals surface area contributed by atoms with Crippen LogP contribution >= 0.6 is 11.3 Å². The molecule has 5 heterocycles. The Kier molecular flexibility index (Phi) is 9.95. The first-order chi connectivity index (χ1) is 20.0. The monoisotopic (exact) mass is 632 g/mol. The molecule has 0 atom stereocenters. The third-order valence-electron chi connectivity index (χ3n) is 5.67. The minimum absolute atomic E-state index is 0.0469. The summed E-state index contributed by atoms with van der Waals surface area (Å²) in [5.41, 5.74) is 5.74. The number of aromatic nitrogens is 5. The summed E-state index contributed by atoms with van der Waals surface area (Å²) >= 11 is 1.50. The number of alkyl halides is 6. The highest BCUT2D eigenvalue weighted by Crippen LogP contribution is 2.33. The van der Waals surface area contributed by atoms with Gasteiger partial charge in [-0.15, -0.1) is 11.3 Å². The van der Waals surface area contributed by atoms with Crippen molar-refractivity contribution >= 4 is 29.2 Å². The molecule has 1 aliphatic heterocycles. The highest BCUT2D eigenvalue weighted by Gasteiger charge is 2.39. The van der Waals surface area contributed by atoms with E-state index >= 15 is 0 Å². The smallest absolute Gasteiger partial charge is 0.475 e. The molecule has 4 aromatic heterocycles. The van der Waals surface area contributed by atoms with Gasteiger partial charge < -0.3 is 19.7 Å². The Bertz CT molecular complexity index is 1570. The first kappa shape index (κ1) is 32.8. The molecule has 1 aliphatic rings. The lowest BCUT2D eigenvalue weighted by Crippen LogP contribution is -2.30. The Balaban J connectivity index is 0.000000303. The lowest BCUT2D eigenvalue weighted by molar-refractivity contribution is -0.193. The third-order valence-corrected chi connectivity index (χ3v) is 6.45. The molecule has 0 saturated heterocycles. The number of fused-ring (bicyclic) bond motifs is 3. The Morgan fingerprint density at radius 1 is 1.02 bits per heavy atom. The molecule has 2 N–H and O–H groups in total. The Hall–Kier alpha value is -4.74. The van der Waals surface area contributed by atoms with E-state index in [0.717, 1.165) is 33.1 Å². The summed E-state index contributed by atoms with van der Waals surface area (Å²) in [6, 6.07) is 6.04. The largest absolute Gasteiger partial charge is 0.490 e. The van der Waals surface area contributed by atoms with Gasteiger partial charge in [0.25, 0.3) is 5.91 Å². The molecule has 0 bridgehead atoms. The molecule has 18 heteroatoms. The molecule has 5 rings (SSSR count). The second-order valence-electron chi connectivity index (χ2n) is 8.87. The fourth-order valence-electron chi connectivity index (χ4n) is 3.75. The van der Waals surface area contributed by atoms with Gasteiger partial charge in [0, 0.05) is 54.0 Å². The maximum Gasteiger partial charge on any atom is 0.490 e. The molecular weight excluding hydrogens is 610 g/mol. The second kappa shape index (κ2) is 13.1. The average molecular weight is 633 g/mol. The molecule has 0 unspecified atom stereocenters. The van der Waals surface area contributed by atoms with Crippen LogP contribution in [0.15, 0.2) is 48.4 Å². The van der Waals surface area contributed by atoms with Crippen molar-refractivity contribution in [3.63, 3.8) is 0 Å². The summed E-state index contributed by atoms with van der Waals surface area (Å²) in [5, 5.41) is 21.8. The lowest BCUT2D eigenvalue weighted by Gasteiger charge is -2.20. The molecule has 0 spiro atoms. The van der Waals surface area contributed by atoms with Crippen LogP contribution in [0.3, 0.4) is 0 Å². The van der Waals surface area contributed by atoms with Gasteiger partial charge >= 0.3 is 24.3 Å². The molecule has 43 heavy (non-hydrogen) atoms. The predicted octanol–water partition coefficient (Wildman–Crippen LogP) is 4.52. The van der Waals surface area contributed by atoms with Crippen molar-refractivity contribution in [3.8, 4) is 11.3 Å². The van der Waals surface area contributed by atoms with Gasteiger partial charge in [-0.3, -0.25) is 14.5 Å². The highest BCUT2D eigenvalue weighted by atomic mass is 32.1. The number of carbonyl (C=O) groups excluding carboxylic acids is 1. The van der Waals surface area contributed by atoms with Crippen LogP contribution in [0.25, 0.3) is 11.3 Å². The molecule has 1 amide bonds. The van der Waals surface area contributed by atoms with Crippen molar-refractivity contribution in [2.45, 2.75) is 38.9 Å². The summed E-state index contributed by atoms with van der Waals surface area (Å²) in [7, 11) is 2.01. The topological polar surface area (TPSA) is 143 Å². The quantitative estimate of drug-likeness (QED) is 0.314. The van der Waals surface area contributed by atoms with Crippen LogP contribution in [-0.4, -0.2) is 69.6 Å². The minimum Gasteiger partial charge on any atom is -0.475 e. The summed E-state index contributed by atoms with van der Waals surface area (Å²) in [6.45, 7) is 3.60. The SMILES string of the molecule is Cc1nc(C(=O)N2Cc3cn(Cc4cccnc4)nc3-c3ccn(C)c3C2)cs1.O=C(O)C(F)(F)F.O=C(O)C(F)(F)F. The van der Waals surface area contributed by atoms with Gasteiger partial charge in [0.15, 0.2) is 0 Å². The van der Waals surface area contributed by atoms with E-state index in [4.69, 9.17) is 24.9 Å². The number of aryl methyl sites for hydroxylation is 2. The first-order valence-corrected chi connectivity index (χ1v) is 12.8. The van der Waals surface area contributed by atoms with Gasteiger partial charge in [0.2, 0.25) is 0 Å². The summed E-state index contributed by atoms with van der Waals surface area (Å²) in [6.07, 6.45) is -2.49. The Morgan fingerprint density at radius 2 is 1.65 bits per heavy atom. The molecule has 0 aliphatic carbocycles. The van der Waals surface area contributed by atoms with Crippen molar-refractivity contribution < 1.29 is 50.9 Å². The molecule has 0 fully saturated rings. The van der Waals surface area contributed by atoms with Crippen LogP contribution in [0, 0.1) is 6.92 Å².